The van der Waals surface area contributed by atoms with E-state index in [4.69, 9.17) is 11.5 Å². The molecule has 0 atom stereocenters. The van der Waals surface area contributed by atoms with Crippen molar-refractivity contribution in [3.05, 3.63) is 82.9 Å². The molecule has 0 spiro atoms. The molecule has 0 aliphatic heterocycles. The Morgan fingerprint density at radius 1 is 0.400 bits per heavy atom. The molecule has 10 nitrogen and oxygen atoms in total. The summed E-state index contributed by atoms with van der Waals surface area (Å²) in [6.45, 7) is 9.05. The Balaban J connectivity index is 1.61. The second kappa shape index (κ2) is 26.9. The number of unbranched alkanes of at least 4 members (excludes halogenated alkanes) is 12. The van der Waals surface area contributed by atoms with Crippen molar-refractivity contribution < 1.29 is 19.2 Å². The quantitative estimate of drug-likeness (QED) is 0.0304. The summed E-state index contributed by atoms with van der Waals surface area (Å²) in [7, 11) is 0. The van der Waals surface area contributed by atoms with Crippen molar-refractivity contribution in [2.75, 3.05) is 10.6 Å². The highest BCUT2D eigenvalue weighted by atomic mass is 32.1. The molecule has 65 heavy (non-hydrogen) atoms. The van der Waals surface area contributed by atoms with Crippen molar-refractivity contribution in [1.82, 2.24) is 10.6 Å². The van der Waals surface area contributed by atoms with E-state index in [1.807, 2.05) is 58.3 Å². The van der Waals surface area contributed by atoms with Gasteiger partial charge in [0.05, 0.1) is 0 Å². The topological polar surface area (TPSA) is 168 Å². The van der Waals surface area contributed by atoms with E-state index in [1.165, 1.54) is 129 Å². The van der Waals surface area contributed by atoms with E-state index < -0.39 is 24.1 Å². The summed E-state index contributed by atoms with van der Waals surface area (Å²) in [6, 6.07) is 17.5. The van der Waals surface area contributed by atoms with Gasteiger partial charge in [-0.2, -0.15) is 0 Å². The van der Waals surface area contributed by atoms with E-state index in [-0.39, 0.29) is 0 Å². The SMILES string of the molecule is CCCCCCc1c(-c2ccc(NC(=O)NC(N)=O)cc2)sc(-c2ccc(-c3sc(-c4ccc(NC(=O)NC(N)=O)cc4)c(CCCCCC)c3CCCCCC)s2)c1CCCCCC. The lowest BCUT2D eigenvalue weighted by atomic mass is 9.94. The summed E-state index contributed by atoms with van der Waals surface area (Å²) in [6.07, 6.45) is 23.2. The molecule has 3 heterocycles. The number of benzene rings is 2. The highest BCUT2D eigenvalue weighted by Crippen LogP contribution is 2.50. The van der Waals surface area contributed by atoms with Crippen LogP contribution in [0.15, 0.2) is 60.7 Å². The van der Waals surface area contributed by atoms with Crippen LogP contribution < -0.4 is 32.7 Å². The maximum atomic E-state index is 12.2. The number of primary amides is 2. The Morgan fingerprint density at radius 2 is 0.708 bits per heavy atom. The summed E-state index contributed by atoms with van der Waals surface area (Å²) in [4.78, 5) is 54.9. The Hall–Kier alpha value is -4.98. The Bertz CT molecular complexity index is 2140. The van der Waals surface area contributed by atoms with E-state index in [9.17, 15) is 19.2 Å². The number of rotatable bonds is 26. The molecule has 0 unspecified atom stereocenters. The number of anilines is 2. The van der Waals surface area contributed by atoms with Gasteiger partial charge in [-0.25, -0.2) is 19.2 Å². The number of hydrogen-bond donors (Lipinski definition) is 6. The van der Waals surface area contributed by atoms with Crippen molar-refractivity contribution in [2.24, 2.45) is 11.5 Å². The molecule has 13 heteroatoms. The molecule has 2 aromatic carbocycles. The predicted molar refractivity (Wildman–Crippen MR) is 277 cm³/mol. The Morgan fingerprint density at radius 3 is 1.00 bits per heavy atom. The molecule has 0 fully saturated rings. The molecule has 0 radical (unpaired) electrons. The fraction of sp³-hybridized carbons (Fsp3) is 0.462. The monoisotopic (exact) mass is 938 g/mol. The molecule has 0 bridgehead atoms. The van der Waals surface area contributed by atoms with Gasteiger partial charge >= 0.3 is 24.1 Å². The van der Waals surface area contributed by atoms with Gasteiger partial charge < -0.3 is 22.1 Å². The normalized spacial score (nSPS) is 11.1. The zero-order valence-electron chi connectivity index (χ0n) is 38.9. The van der Waals surface area contributed by atoms with Gasteiger partial charge in [0.2, 0.25) is 0 Å². The van der Waals surface area contributed by atoms with E-state index in [0.717, 1.165) is 62.5 Å². The number of nitrogens with two attached hydrogens (primary N) is 2. The van der Waals surface area contributed by atoms with Crippen LogP contribution in [-0.4, -0.2) is 24.1 Å². The van der Waals surface area contributed by atoms with Crippen LogP contribution in [0.1, 0.15) is 153 Å². The first-order valence-corrected chi connectivity index (χ1v) is 26.4. The molecular formula is C52H70N6O4S3. The van der Waals surface area contributed by atoms with Crippen LogP contribution in [0.3, 0.4) is 0 Å². The smallest absolute Gasteiger partial charge is 0.327 e. The molecule has 8 N–H and O–H groups in total. The molecule has 5 aromatic rings. The minimum absolute atomic E-state index is 0.585. The van der Waals surface area contributed by atoms with Crippen molar-refractivity contribution >= 4 is 69.5 Å². The summed E-state index contributed by atoms with van der Waals surface area (Å²) in [5.74, 6) is 0. The Kier molecular flexibility index (Phi) is 21.1. The molecule has 3 aromatic heterocycles. The maximum absolute atomic E-state index is 12.2. The van der Waals surface area contributed by atoms with Crippen molar-refractivity contribution in [3.63, 3.8) is 0 Å². The van der Waals surface area contributed by atoms with Crippen molar-refractivity contribution in [1.29, 1.82) is 0 Å². The van der Waals surface area contributed by atoms with Crippen LogP contribution in [0.25, 0.3) is 40.4 Å². The van der Waals surface area contributed by atoms with Gasteiger partial charge in [0.1, 0.15) is 0 Å². The van der Waals surface area contributed by atoms with Crippen molar-refractivity contribution in [2.45, 2.75) is 156 Å². The minimum Gasteiger partial charge on any atom is -0.351 e. The van der Waals surface area contributed by atoms with Gasteiger partial charge in [-0.3, -0.25) is 10.6 Å². The zero-order valence-corrected chi connectivity index (χ0v) is 41.4. The van der Waals surface area contributed by atoms with Crippen LogP contribution in [0, 0.1) is 0 Å². The van der Waals surface area contributed by atoms with E-state index in [2.05, 4.69) is 85.4 Å². The second-order valence-corrected chi connectivity index (χ2v) is 20.0. The molecule has 0 saturated carbocycles. The van der Waals surface area contributed by atoms with Gasteiger partial charge in [-0.05, 0) is 121 Å². The lowest BCUT2D eigenvalue weighted by molar-refractivity contribution is 0.236. The molecule has 350 valence electrons. The first kappa shape index (κ1) is 51.0. The average molecular weight is 939 g/mol. The summed E-state index contributed by atoms with van der Waals surface area (Å²) in [5, 5.41) is 9.57. The fourth-order valence-corrected chi connectivity index (χ4v) is 12.5. The number of hydrogen-bond acceptors (Lipinski definition) is 7. The third kappa shape index (κ3) is 15.3. The molecule has 0 aliphatic carbocycles. The number of amides is 8. The molecule has 8 amide bonds. The first-order chi connectivity index (χ1) is 31.6. The van der Waals surface area contributed by atoms with Crippen molar-refractivity contribution in [3.8, 4) is 40.4 Å². The Labute approximate surface area is 398 Å². The number of nitrogens with one attached hydrogen (secondary N) is 4. The van der Waals surface area contributed by atoms with Gasteiger partial charge in [-0.15, -0.1) is 34.0 Å². The fourth-order valence-electron chi connectivity index (χ4n) is 8.38. The number of carbonyl (C=O) groups excluding carboxylic acids is 4. The van der Waals surface area contributed by atoms with Crippen LogP contribution in [0.4, 0.5) is 30.6 Å². The highest BCUT2D eigenvalue weighted by Gasteiger charge is 2.25. The average Bonchev–Trinajstić information content (AvgIpc) is 4.00. The predicted octanol–water partition coefficient (Wildman–Crippen LogP) is 15.4. The van der Waals surface area contributed by atoms with Crippen LogP contribution in [0.5, 0.6) is 0 Å². The number of imide groups is 2. The van der Waals surface area contributed by atoms with E-state index in [0.29, 0.717) is 11.4 Å². The third-order valence-electron chi connectivity index (χ3n) is 11.7. The number of urea groups is 4. The molecule has 0 saturated heterocycles. The molecule has 5 rings (SSSR count). The van der Waals surface area contributed by atoms with E-state index >= 15 is 0 Å². The van der Waals surface area contributed by atoms with Gasteiger partial charge in [0.25, 0.3) is 0 Å². The lowest BCUT2D eigenvalue weighted by Crippen LogP contribution is -2.38. The highest BCUT2D eigenvalue weighted by molar-refractivity contribution is 7.28. The molecule has 0 aliphatic rings. The second-order valence-electron chi connectivity index (χ2n) is 16.9. The minimum atomic E-state index is -0.900. The van der Waals surface area contributed by atoms with Crippen LogP contribution >= 0.6 is 34.0 Å². The van der Waals surface area contributed by atoms with Crippen LogP contribution in [0.2, 0.25) is 0 Å². The standard InChI is InChI=1S/C52H70N6O4S3/c1-5-9-13-17-21-39-41(23-19-15-11-7-3)47(64-45(39)35-25-29-37(30-26-35)55-51(61)57-49(53)59)43-33-34-44(63-43)48-42(24-20-16-12-8-4)40(22-18-14-10-6-2)46(65-48)36-27-31-38(32-28-36)56-52(62)58-50(54)60/h25-34H,5-24H2,1-4H3,(H4,53,55,57,59,61)(H4,54,56,58,60,62). The zero-order chi connectivity index (χ0) is 46.6. The summed E-state index contributed by atoms with van der Waals surface area (Å²) >= 11 is 5.72. The largest absolute Gasteiger partial charge is 0.351 e. The summed E-state index contributed by atoms with van der Waals surface area (Å²) in [5.41, 5.74) is 19.6. The number of carbonyl (C=O) groups is 4. The van der Waals surface area contributed by atoms with Crippen LogP contribution in [-0.2, 0) is 25.7 Å². The number of thiophene rings is 3. The summed E-state index contributed by atoms with van der Waals surface area (Å²) < 4.78 is 0. The van der Waals surface area contributed by atoms with E-state index in [1.54, 1.807) is 0 Å². The first-order valence-electron chi connectivity index (χ1n) is 23.9. The lowest BCUT2D eigenvalue weighted by Gasteiger charge is -2.11. The maximum Gasteiger partial charge on any atom is 0.327 e. The molecular weight excluding hydrogens is 869 g/mol. The van der Waals surface area contributed by atoms with Gasteiger partial charge in [-0.1, -0.05) is 129 Å². The van der Waals surface area contributed by atoms with Gasteiger partial charge in [0, 0.05) is 40.6 Å². The van der Waals surface area contributed by atoms with Gasteiger partial charge in [0.15, 0.2) is 0 Å². The third-order valence-corrected chi connectivity index (χ3v) is 15.8.